The minimum atomic E-state index is -3.10. The predicted molar refractivity (Wildman–Crippen MR) is 65.3 cm³/mol. The third-order valence-electron chi connectivity index (χ3n) is 1.89. The monoisotopic (exact) mass is 243 g/mol. The molecule has 0 saturated carbocycles. The van der Waals surface area contributed by atoms with Gasteiger partial charge in [-0.1, -0.05) is 42.5 Å². The molecule has 0 atom stereocenters. The zero-order chi connectivity index (χ0) is 11.3. The van der Waals surface area contributed by atoms with Crippen molar-refractivity contribution in [3.63, 3.8) is 0 Å². The molecule has 0 fully saturated rings. The molecule has 0 aliphatic heterocycles. The Morgan fingerprint density at radius 2 is 1.87 bits per heavy atom. The number of rotatable bonds is 5. The van der Waals surface area contributed by atoms with E-state index in [9.17, 15) is 8.42 Å². The zero-order valence-corrected chi connectivity index (χ0v) is 9.85. The van der Waals surface area contributed by atoms with Crippen LogP contribution in [0.25, 0.3) is 0 Å². The normalized spacial score (nSPS) is 11.2. The van der Waals surface area contributed by atoms with Gasteiger partial charge in [-0.2, -0.15) is 0 Å². The van der Waals surface area contributed by atoms with Crippen LogP contribution in [0.5, 0.6) is 0 Å². The molecule has 0 heterocycles. The van der Waals surface area contributed by atoms with Crippen molar-refractivity contribution >= 4 is 27.0 Å². The molecule has 0 bridgehead atoms. The van der Waals surface area contributed by atoms with Crippen molar-refractivity contribution in [1.82, 2.24) is 0 Å². The predicted octanol–water partition coefficient (Wildman–Crippen LogP) is 1.28. The van der Waals surface area contributed by atoms with Crippen LogP contribution >= 0.6 is 12.2 Å². The number of hydrogen-bond donors (Lipinski definition) is 1. The average molecular weight is 243 g/mol. The van der Waals surface area contributed by atoms with Gasteiger partial charge in [0.1, 0.15) is 0 Å². The van der Waals surface area contributed by atoms with Gasteiger partial charge in [0, 0.05) is 6.42 Å². The Balaban J connectivity index is 2.61. The van der Waals surface area contributed by atoms with E-state index in [1.165, 1.54) is 0 Å². The number of sulfone groups is 1. The summed E-state index contributed by atoms with van der Waals surface area (Å²) in [7, 11) is -3.10. The van der Waals surface area contributed by atoms with Crippen LogP contribution in [0.3, 0.4) is 0 Å². The van der Waals surface area contributed by atoms with Gasteiger partial charge in [0.15, 0.2) is 9.84 Å². The Morgan fingerprint density at radius 3 is 2.40 bits per heavy atom. The summed E-state index contributed by atoms with van der Waals surface area (Å²) in [4.78, 5) is 0.242. The van der Waals surface area contributed by atoms with Crippen molar-refractivity contribution in [2.45, 2.75) is 12.2 Å². The first kappa shape index (κ1) is 12.1. The van der Waals surface area contributed by atoms with Gasteiger partial charge < -0.3 is 5.73 Å². The van der Waals surface area contributed by atoms with Gasteiger partial charge in [-0.3, -0.25) is 0 Å². The highest BCUT2D eigenvalue weighted by atomic mass is 32.2. The first-order chi connectivity index (χ1) is 6.99. The Kier molecular flexibility index (Phi) is 4.23. The molecule has 2 N–H and O–H groups in total. The van der Waals surface area contributed by atoms with E-state index in [0.717, 1.165) is 5.56 Å². The molecule has 82 valence electrons. The van der Waals surface area contributed by atoms with Crippen LogP contribution in [0.2, 0.25) is 0 Å². The molecule has 0 unspecified atom stereocenters. The number of hydrogen-bond acceptors (Lipinski definition) is 3. The molecule has 1 rings (SSSR count). The Bertz CT molecular complexity index is 426. The van der Waals surface area contributed by atoms with E-state index in [0.29, 0.717) is 0 Å². The average Bonchev–Trinajstić information content (AvgIpc) is 2.16. The molecule has 0 aliphatic carbocycles. The van der Waals surface area contributed by atoms with E-state index in [2.05, 4.69) is 12.2 Å². The lowest BCUT2D eigenvalue weighted by atomic mass is 10.2. The fourth-order valence-electron chi connectivity index (χ4n) is 1.16. The van der Waals surface area contributed by atoms with Gasteiger partial charge in [-0.15, -0.1) is 0 Å². The van der Waals surface area contributed by atoms with Gasteiger partial charge >= 0.3 is 0 Å². The van der Waals surface area contributed by atoms with Crippen LogP contribution < -0.4 is 5.73 Å². The highest BCUT2D eigenvalue weighted by Crippen LogP contribution is 2.06. The molecule has 0 saturated heterocycles. The minimum absolute atomic E-state index is 0.0250. The summed E-state index contributed by atoms with van der Waals surface area (Å²) in [6, 6.07) is 9.07. The Labute approximate surface area is 95.2 Å². The molecule has 3 nitrogen and oxygen atoms in total. The summed E-state index contributed by atoms with van der Waals surface area (Å²) in [6.45, 7) is 0. The van der Waals surface area contributed by atoms with E-state index >= 15 is 0 Å². The molecule has 5 heteroatoms. The molecule has 0 aromatic heterocycles. The molecular formula is C10H13NO2S2. The summed E-state index contributed by atoms with van der Waals surface area (Å²) in [5.41, 5.74) is 6.05. The quantitative estimate of drug-likeness (QED) is 0.791. The van der Waals surface area contributed by atoms with Crippen LogP contribution in [-0.2, 0) is 15.6 Å². The summed E-state index contributed by atoms with van der Waals surface area (Å²) >= 11 is 4.64. The topological polar surface area (TPSA) is 60.2 Å². The largest absolute Gasteiger partial charge is 0.393 e. The van der Waals surface area contributed by atoms with Crippen LogP contribution in [0, 0.1) is 0 Å². The van der Waals surface area contributed by atoms with Crippen LogP contribution in [0.4, 0.5) is 0 Å². The zero-order valence-electron chi connectivity index (χ0n) is 8.22. The van der Waals surface area contributed by atoms with Crippen molar-refractivity contribution < 1.29 is 8.42 Å². The second-order valence-corrected chi connectivity index (χ2v) is 6.00. The first-order valence-corrected chi connectivity index (χ1v) is 6.75. The van der Waals surface area contributed by atoms with Crippen LogP contribution in [0.1, 0.15) is 12.0 Å². The number of thiocarbonyl (C=S) groups is 1. The van der Waals surface area contributed by atoms with Crippen molar-refractivity contribution in [3.8, 4) is 0 Å². The standard InChI is InChI=1S/C10H13NO2S2/c11-10(14)6-7-15(12,13)8-9-4-2-1-3-5-9/h1-5H,6-8H2,(H2,11,14). The van der Waals surface area contributed by atoms with E-state index in [4.69, 9.17) is 5.73 Å². The van der Waals surface area contributed by atoms with Crippen molar-refractivity contribution in [1.29, 1.82) is 0 Å². The fourth-order valence-corrected chi connectivity index (χ4v) is 2.76. The van der Waals surface area contributed by atoms with Gasteiger partial charge in [-0.05, 0) is 5.56 Å². The third-order valence-corrected chi connectivity index (χ3v) is 3.69. The van der Waals surface area contributed by atoms with E-state index in [-0.39, 0.29) is 22.9 Å². The van der Waals surface area contributed by atoms with Gasteiger partial charge in [0.2, 0.25) is 0 Å². The molecule has 0 aliphatic rings. The highest BCUT2D eigenvalue weighted by Gasteiger charge is 2.11. The molecule has 0 spiro atoms. The molecular weight excluding hydrogens is 230 g/mol. The smallest absolute Gasteiger partial charge is 0.154 e. The fraction of sp³-hybridized carbons (Fsp3) is 0.300. The summed E-state index contributed by atoms with van der Waals surface area (Å²) in [5, 5.41) is 0. The van der Waals surface area contributed by atoms with Crippen LogP contribution in [-0.4, -0.2) is 19.2 Å². The summed E-state index contributed by atoms with van der Waals surface area (Å²) in [6.07, 6.45) is 0.254. The Morgan fingerprint density at radius 1 is 1.27 bits per heavy atom. The van der Waals surface area contributed by atoms with Gasteiger partial charge in [-0.25, -0.2) is 8.42 Å². The maximum absolute atomic E-state index is 11.6. The number of benzene rings is 1. The summed E-state index contributed by atoms with van der Waals surface area (Å²) in [5.74, 6) is 0.0771. The molecule has 1 aromatic carbocycles. The SMILES string of the molecule is NC(=S)CCS(=O)(=O)Cc1ccccc1. The molecule has 0 radical (unpaired) electrons. The lowest BCUT2D eigenvalue weighted by Crippen LogP contribution is -2.16. The second-order valence-electron chi connectivity index (χ2n) is 3.29. The van der Waals surface area contributed by atoms with Crippen molar-refractivity contribution in [2.75, 3.05) is 5.75 Å². The van der Waals surface area contributed by atoms with Gasteiger partial charge in [0.25, 0.3) is 0 Å². The van der Waals surface area contributed by atoms with E-state index in [1.54, 1.807) is 12.1 Å². The van der Waals surface area contributed by atoms with Crippen molar-refractivity contribution in [3.05, 3.63) is 35.9 Å². The highest BCUT2D eigenvalue weighted by molar-refractivity contribution is 7.90. The van der Waals surface area contributed by atoms with Crippen molar-refractivity contribution in [2.24, 2.45) is 5.73 Å². The maximum atomic E-state index is 11.6. The first-order valence-electron chi connectivity index (χ1n) is 4.52. The molecule has 1 aromatic rings. The summed E-state index contributed by atoms with van der Waals surface area (Å²) < 4.78 is 23.2. The molecule has 0 amide bonds. The van der Waals surface area contributed by atoms with E-state index in [1.807, 2.05) is 18.2 Å². The maximum Gasteiger partial charge on any atom is 0.154 e. The molecule has 15 heavy (non-hydrogen) atoms. The Hall–Kier alpha value is -0.940. The van der Waals surface area contributed by atoms with Gasteiger partial charge in [0.05, 0.1) is 16.5 Å². The lowest BCUT2D eigenvalue weighted by molar-refractivity contribution is 0.595. The minimum Gasteiger partial charge on any atom is -0.393 e. The van der Waals surface area contributed by atoms with E-state index < -0.39 is 9.84 Å². The number of nitrogens with two attached hydrogens (primary N) is 1. The lowest BCUT2D eigenvalue weighted by Gasteiger charge is -2.03. The third kappa shape index (κ3) is 4.90. The van der Waals surface area contributed by atoms with Crippen LogP contribution in [0.15, 0.2) is 30.3 Å². The second kappa shape index (κ2) is 5.23.